The van der Waals surface area contributed by atoms with Crippen LogP contribution in [0, 0.1) is 18.3 Å². The van der Waals surface area contributed by atoms with E-state index in [9.17, 15) is 18.8 Å². The van der Waals surface area contributed by atoms with E-state index < -0.39 is 11.3 Å². The van der Waals surface area contributed by atoms with Crippen molar-refractivity contribution in [2.24, 2.45) is 0 Å². The van der Waals surface area contributed by atoms with Gasteiger partial charge in [-0.1, -0.05) is 56.0 Å². The molecular weight excluding hydrogens is 472 g/mol. The first-order valence-electron chi connectivity index (χ1n) is 12.1. The van der Waals surface area contributed by atoms with Gasteiger partial charge in [-0.3, -0.25) is 14.2 Å². The average molecular weight is 503 g/mol. The van der Waals surface area contributed by atoms with E-state index in [2.05, 4.69) is 16.1 Å². The lowest BCUT2D eigenvalue weighted by atomic mass is 10.0. The maximum Gasteiger partial charge on any atom is 0.326 e. The Balaban J connectivity index is 1.62. The highest BCUT2D eigenvalue weighted by molar-refractivity contribution is 7.80. The van der Waals surface area contributed by atoms with Crippen molar-refractivity contribution in [3.63, 3.8) is 0 Å². The Bertz CT molecular complexity index is 1300. The number of carbonyl (C=O) groups is 1. The number of benzene rings is 3. The summed E-state index contributed by atoms with van der Waals surface area (Å²) in [5.74, 6) is 0. The molecule has 1 aliphatic rings. The fourth-order valence-electron chi connectivity index (χ4n) is 4.80. The number of para-hydroxylation sites is 1. The van der Waals surface area contributed by atoms with Crippen molar-refractivity contribution >= 4 is 34.4 Å². The Labute approximate surface area is 214 Å². The van der Waals surface area contributed by atoms with Crippen LogP contribution in [0.4, 0.5) is 21.9 Å². The van der Waals surface area contributed by atoms with Crippen LogP contribution in [0.3, 0.4) is 0 Å². The first-order valence-corrected chi connectivity index (χ1v) is 13.2. The summed E-state index contributed by atoms with van der Waals surface area (Å²) >= 11 is -2.18. The van der Waals surface area contributed by atoms with Crippen LogP contribution < -0.4 is 14.9 Å². The lowest BCUT2D eigenvalue weighted by molar-refractivity contribution is 0.254. The Morgan fingerprint density at radius 2 is 1.75 bits per heavy atom. The molecule has 3 aromatic carbocycles. The highest BCUT2D eigenvalue weighted by Gasteiger charge is 2.27. The van der Waals surface area contributed by atoms with Gasteiger partial charge in [-0.25, -0.2) is 9.00 Å². The second kappa shape index (κ2) is 11.8. The SMILES string of the molecule is Cc1cc(-c2ccccc2NS(=O)O)ccc1NC(=O)N(c1cccc(C#N)c1)C1CCCCCC1. The molecule has 1 atom stereocenters. The third kappa shape index (κ3) is 6.11. The zero-order valence-electron chi connectivity index (χ0n) is 20.2. The predicted octanol–water partition coefficient (Wildman–Crippen LogP) is 6.84. The molecule has 2 amide bonds. The van der Waals surface area contributed by atoms with Crippen LogP contribution in [0.15, 0.2) is 66.7 Å². The van der Waals surface area contributed by atoms with Crippen LogP contribution in [0.25, 0.3) is 11.1 Å². The predicted molar refractivity (Wildman–Crippen MR) is 145 cm³/mol. The van der Waals surface area contributed by atoms with Crippen LogP contribution in [-0.2, 0) is 11.3 Å². The van der Waals surface area contributed by atoms with E-state index in [1.165, 1.54) is 12.8 Å². The van der Waals surface area contributed by atoms with Gasteiger partial charge in [-0.2, -0.15) is 5.26 Å². The third-order valence-electron chi connectivity index (χ3n) is 6.57. The average Bonchev–Trinajstić information content (AvgIpc) is 3.15. The van der Waals surface area contributed by atoms with Crippen LogP contribution >= 0.6 is 0 Å². The second-order valence-electron chi connectivity index (χ2n) is 9.03. The van der Waals surface area contributed by atoms with Gasteiger partial charge in [-0.05, 0) is 67.3 Å². The highest BCUT2D eigenvalue weighted by atomic mass is 32.2. The zero-order chi connectivity index (χ0) is 25.5. The fourth-order valence-corrected chi connectivity index (χ4v) is 5.17. The van der Waals surface area contributed by atoms with Crippen molar-refractivity contribution < 1.29 is 13.6 Å². The number of hydrogen-bond acceptors (Lipinski definition) is 3. The Kier molecular flexibility index (Phi) is 8.36. The molecule has 0 bridgehead atoms. The van der Waals surface area contributed by atoms with Gasteiger partial charge in [0.15, 0.2) is 0 Å². The molecule has 1 unspecified atom stereocenters. The van der Waals surface area contributed by atoms with Gasteiger partial charge in [-0.15, -0.1) is 0 Å². The number of anilines is 3. The number of nitrogens with zero attached hydrogens (tertiary/aromatic N) is 2. The van der Waals surface area contributed by atoms with Crippen LogP contribution in [0.1, 0.15) is 49.7 Å². The minimum Gasteiger partial charge on any atom is -0.307 e. The molecule has 1 fully saturated rings. The summed E-state index contributed by atoms with van der Waals surface area (Å²) in [6.07, 6.45) is 6.35. The lowest BCUT2D eigenvalue weighted by Crippen LogP contribution is -2.43. The number of hydrogen-bond donors (Lipinski definition) is 3. The molecular formula is C28H30N4O3S. The molecule has 1 saturated carbocycles. The molecule has 0 heterocycles. The van der Waals surface area contributed by atoms with E-state index >= 15 is 0 Å². The summed E-state index contributed by atoms with van der Waals surface area (Å²) in [5, 5.41) is 12.5. The minimum atomic E-state index is -2.18. The molecule has 0 spiro atoms. The molecule has 8 heteroatoms. The summed E-state index contributed by atoms with van der Waals surface area (Å²) in [6.45, 7) is 1.92. The summed E-state index contributed by atoms with van der Waals surface area (Å²) in [6, 6.07) is 22.2. The van der Waals surface area contributed by atoms with Crippen molar-refractivity contribution in [3.8, 4) is 17.2 Å². The largest absolute Gasteiger partial charge is 0.326 e. The maximum atomic E-state index is 13.7. The summed E-state index contributed by atoms with van der Waals surface area (Å²) < 4.78 is 23.1. The van der Waals surface area contributed by atoms with Gasteiger partial charge < -0.3 is 5.32 Å². The van der Waals surface area contributed by atoms with E-state index in [1.54, 1.807) is 24.3 Å². The molecule has 186 valence electrons. The van der Waals surface area contributed by atoms with Gasteiger partial charge in [0.25, 0.3) is 11.3 Å². The van der Waals surface area contributed by atoms with Gasteiger partial charge >= 0.3 is 6.03 Å². The van der Waals surface area contributed by atoms with Gasteiger partial charge in [0.2, 0.25) is 0 Å². The standard InChI is InChI=1S/C28H30N4O3S/c1-20-17-22(25-13-6-7-14-27(25)31-36(34)35)15-16-26(20)30-28(33)32(23-10-4-2-3-5-11-23)24-12-8-9-21(18-24)19-29/h6-9,12-18,23,31H,2-5,10-11H2,1H3,(H,30,33)(H,34,35). The first kappa shape index (κ1) is 25.4. The van der Waals surface area contributed by atoms with Crippen molar-refractivity contribution in [1.82, 2.24) is 0 Å². The lowest BCUT2D eigenvalue weighted by Gasteiger charge is -2.32. The van der Waals surface area contributed by atoms with Gasteiger partial charge in [0.05, 0.1) is 17.3 Å². The van der Waals surface area contributed by atoms with Crippen molar-refractivity contribution in [2.75, 3.05) is 14.9 Å². The molecule has 36 heavy (non-hydrogen) atoms. The van der Waals surface area contributed by atoms with E-state index in [4.69, 9.17) is 0 Å². The van der Waals surface area contributed by atoms with Gasteiger partial charge in [0, 0.05) is 23.0 Å². The molecule has 0 aliphatic heterocycles. The van der Waals surface area contributed by atoms with Crippen LogP contribution in [0.5, 0.6) is 0 Å². The first-order chi connectivity index (χ1) is 17.5. The van der Waals surface area contributed by atoms with Crippen molar-refractivity contribution in [3.05, 3.63) is 77.9 Å². The van der Waals surface area contributed by atoms with Crippen LogP contribution in [0.2, 0.25) is 0 Å². The molecule has 3 N–H and O–H groups in total. The fraction of sp³-hybridized carbons (Fsp3) is 0.286. The number of nitrogens with one attached hydrogen (secondary N) is 2. The molecule has 1 aliphatic carbocycles. The number of amides is 2. The Morgan fingerprint density at radius 1 is 1.00 bits per heavy atom. The van der Waals surface area contributed by atoms with Crippen LogP contribution in [-0.4, -0.2) is 20.8 Å². The van der Waals surface area contributed by atoms with Crippen molar-refractivity contribution in [2.45, 2.75) is 51.5 Å². The smallest absolute Gasteiger partial charge is 0.307 e. The minimum absolute atomic E-state index is 0.0679. The van der Waals surface area contributed by atoms with E-state index in [0.717, 1.165) is 48.1 Å². The molecule has 4 rings (SSSR count). The number of aryl methyl sites for hydroxylation is 1. The summed E-state index contributed by atoms with van der Waals surface area (Å²) in [7, 11) is 0. The topological polar surface area (TPSA) is 105 Å². The van der Waals surface area contributed by atoms with Gasteiger partial charge in [0.1, 0.15) is 0 Å². The molecule has 3 aromatic rings. The molecule has 7 nitrogen and oxygen atoms in total. The molecule has 0 radical (unpaired) electrons. The summed E-state index contributed by atoms with van der Waals surface area (Å²) in [4.78, 5) is 15.5. The van der Waals surface area contributed by atoms with E-state index in [1.807, 2.05) is 54.3 Å². The number of rotatable bonds is 6. The van der Waals surface area contributed by atoms with Crippen molar-refractivity contribution in [1.29, 1.82) is 5.26 Å². The Morgan fingerprint density at radius 3 is 2.44 bits per heavy atom. The second-order valence-corrected chi connectivity index (χ2v) is 9.74. The van der Waals surface area contributed by atoms with E-state index in [0.29, 0.717) is 16.9 Å². The number of urea groups is 1. The normalized spacial score (nSPS) is 14.8. The third-order valence-corrected chi connectivity index (χ3v) is 6.96. The maximum absolute atomic E-state index is 13.7. The quantitative estimate of drug-likeness (QED) is 0.253. The highest BCUT2D eigenvalue weighted by Crippen LogP contribution is 2.32. The number of carbonyl (C=O) groups excluding carboxylic acids is 1. The number of nitriles is 1. The summed E-state index contributed by atoms with van der Waals surface area (Å²) in [5.41, 5.74) is 5.00. The molecule has 0 aromatic heterocycles. The van der Waals surface area contributed by atoms with E-state index in [-0.39, 0.29) is 12.1 Å². The zero-order valence-corrected chi connectivity index (χ0v) is 21.1. The Hall–Kier alpha value is -3.67. The monoisotopic (exact) mass is 502 g/mol. The molecule has 0 saturated heterocycles.